The van der Waals surface area contributed by atoms with Gasteiger partial charge in [0.1, 0.15) is 0 Å². The summed E-state index contributed by atoms with van der Waals surface area (Å²) in [5.74, 6) is -0.0126. The molecule has 5 nitrogen and oxygen atoms in total. The molecule has 2 N–H and O–H groups in total. The van der Waals surface area contributed by atoms with Crippen LogP contribution in [0.5, 0.6) is 0 Å². The molecular formula is C15H21BrN2O3S. The molecule has 1 unspecified atom stereocenters. The number of sulfone groups is 1. The Hall–Kier alpha value is -0.920. The van der Waals surface area contributed by atoms with Gasteiger partial charge in [0.05, 0.1) is 10.6 Å². The zero-order valence-corrected chi connectivity index (χ0v) is 14.8. The van der Waals surface area contributed by atoms with Crippen LogP contribution in [0.15, 0.2) is 33.6 Å². The second kappa shape index (κ2) is 7.57. The van der Waals surface area contributed by atoms with Crippen LogP contribution in [-0.4, -0.2) is 44.1 Å². The molecule has 0 saturated carbocycles. The maximum atomic E-state index is 12.2. The van der Waals surface area contributed by atoms with Gasteiger partial charge in [0.2, 0.25) is 5.91 Å². The number of rotatable bonds is 5. The first kappa shape index (κ1) is 17.4. The number of benzene rings is 1. The topological polar surface area (TPSA) is 80.5 Å². The summed E-state index contributed by atoms with van der Waals surface area (Å²) in [6.07, 6.45) is 2.46. The van der Waals surface area contributed by atoms with E-state index in [0.29, 0.717) is 17.9 Å². The zero-order chi connectivity index (χ0) is 16.2. The minimum absolute atomic E-state index is 0.00107. The van der Waals surface area contributed by atoms with Gasteiger partial charge in [-0.3, -0.25) is 4.79 Å². The van der Waals surface area contributed by atoms with Gasteiger partial charge in [-0.05, 0) is 43.5 Å². The number of amides is 1. The fourth-order valence-electron chi connectivity index (χ4n) is 2.57. The van der Waals surface area contributed by atoms with Crippen molar-refractivity contribution in [2.45, 2.75) is 36.6 Å². The minimum atomic E-state index is -3.33. The van der Waals surface area contributed by atoms with Crippen molar-refractivity contribution in [3.8, 4) is 0 Å². The summed E-state index contributed by atoms with van der Waals surface area (Å²) in [6.45, 7) is 1.31. The van der Waals surface area contributed by atoms with Gasteiger partial charge in [0.15, 0.2) is 9.84 Å². The highest BCUT2D eigenvalue weighted by Gasteiger charge is 2.22. The number of nitrogens with two attached hydrogens (primary N) is 1. The van der Waals surface area contributed by atoms with Crippen molar-refractivity contribution in [3.05, 3.63) is 28.7 Å². The van der Waals surface area contributed by atoms with Crippen LogP contribution in [0.25, 0.3) is 0 Å². The van der Waals surface area contributed by atoms with E-state index in [2.05, 4.69) is 15.9 Å². The number of nitrogens with zero attached hydrogens (tertiary/aromatic N) is 1. The smallest absolute Gasteiger partial charge is 0.222 e. The molecule has 1 fully saturated rings. The Morgan fingerprint density at radius 3 is 2.64 bits per heavy atom. The largest absolute Gasteiger partial charge is 0.341 e. The fourth-order valence-corrected chi connectivity index (χ4v) is 4.14. The Kier molecular flexibility index (Phi) is 6.00. The maximum absolute atomic E-state index is 12.2. The Morgan fingerprint density at radius 2 is 2.00 bits per heavy atom. The van der Waals surface area contributed by atoms with Crippen LogP contribution in [0.2, 0.25) is 0 Å². The van der Waals surface area contributed by atoms with Crippen LogP contribution in [0.4, 0.5) is 0 Å². The third-order valence-electron chi connectivity index (χ3n) is 3.79. The lowest BCUT2D eigenvalue weighted by Crippen LogP contribution is -2.45. The molecule has 0 radical (unpaired) electrons. The van der Waals surface area contributed by atoms with E-state index in [1.54, 1.807) is 29.2 Å². The highest BCUT2D eigenvalue weighted by molar-refractivity contribution is 9.10. The number of hydrogen-bond donors (Lipinski definition) is 1. The van der Waals surface area contributed by atoms with Gasteiger partial charge in [-0.25, -0.2) is 8.42 Å². The van der Waals surface area contributed by atoms with Gasteiger partial charge in [0, 0.05) is 30.0 Å². The molecule has 1 saturated heterocycles. The monoisotopic (exact) mass is 388 g/mol. The lowest BCUT2D eigenvalue weighted by Gasteiger charge is -2.30. The van der Waals surface area contributed by atoms with Gasteiger partial charge >= 0.3 is 0 Å². The molecule has 0 bridgehead atoms. The van der Waals surface area contributed by atoms with E-state index < -0.39 is 9.84 Å². The standard InChI is InChI=1S/C15H21BrN2O3S/c16-12-5-7-14(8-6-12)22(20,21)10-2-4-15(19)18-9-1-3-13(17)11-18/h5-8,13H,1-4,9-11,17H2. The SMILES string of the molecule is NC1CCCN(C(=O)CCCS(=O)(=O)c2ccc(Br)cc2)C1. The molecule has 1 atom stereocenters. The Bertz CT molecular complexity index is 616. The van der Waals surface area contributed by atoms with Crippen LogP contribution in [-0.2, 0) is 14.6 Å². The molecule has 0 aromatic heterocycles. The molecule has 1 amide bonds. The van der Waals surface area contributed by atoms with E-state index in [9.17, 15) is 13.2 Å². The number of hydrogen-bond acceptors (Lipinski definition) is 4. The summed E-state index contributed by atoms with van der Waals surface area (Å²) < 4.78 is 25.2. The summed E-state index contributed by atoms with van der Waals surface area (Å²) in [7, 11) is -3.33. The molecule has 1 aliphatic heterocycles. The van der Waals surface area contributed by atoms with Crippen LogP contribution >= 0.6 is 15.9 Å². The maximum Gasteiger partial charge on any atom is 0.222 e. The van der Waals surface area contributed by atoms with Crippen molar-refractivity contribution in [3.63, 3.8) is 0 Å². The third kappa shape index (κ3) is 4.79. The summed E-state index contributed by atoms with van der Waals surface area (Å²) in [5.41, 5.74) is 5.86. The third-order valence-corrected chi connectivity index (χ3v) is 6.13. The number of halogens is 1. The van der Waals surface area contributed by atoms with Crippen molar-refractivity contribution in [1.82, 2.24) is 4.90 Å². The number of carbonyl (C=O) groups excluding carboxylic acids is 1. The first-order valence-corrected chi connectivity index (χ1v) is 9.85. The quantitative estimate of drug-likeness (QED) is 0.835. The number of piperidine rings is 1. The van der Waals surface area contributed by atoms with E-state index in [1.165, 1.54) is 0 Å². The number of likely N-dealkylation sites (tertiary alicyclic amines) is 1. The van der Waals surface area contributed by atoms with Gasteiger partial charge in [-0.15, -0.1) is 0 Å². The van der Waals surface area contributed by atoms with E-state index in [1.807, 2.05) is 0 Å². The minimum Gasteiger partial charge on any atom is -0.341 e. The summed E-state index contributed by atoms with van der Waals surface area (Å²) in [6, 6.07) is 6.60. The Morgan fingerprint density at radius 1 is 1.32 bits per heavy atom. The Balaban J connectivity index is 1.84. The highest BCUT2D eigenvalue weighted by Crippen LogP contribution is 2.17. The van der Waals surface area contributed by atoms with Gasteiger partial charge in [-0.1, -0.05) is 15.9 Å². The normalized spacial score (nSPS) is 19.2. The first-order chi connectivity index (χ1) is 10.4. The van der Waals surface area contributed by atoms with Crippen molar-refractivity contribution in [1.29, 1.82) is 0 Å². The fraction of sp³-hybridized carbons (Fsp3) is 0.533. The molecule has 22 heavy (non-hydrogen) atoms. The second-order valence-corrected chi connectivity index (χ2v) is 8.64. The highest BCUT2D eigenvalue weighted by atomic mass is 79.9. The van der Waals surface area contributed by atoms with Gasteiger partial charge < -0.3 is 10.6 Å². The first-order valence-electron chi connectivity index (χ1n) is 7.40. The molecule has 1 aromatic carbocycles. The van der Waals surface area contributed by atoms with E-state index in [0.717, 1.165) is 23.9 Å². The summed E-state index contributed by atoms with van der Waals surface area (Å²) in [5, 5.41) is 0. The molecule has 1 heterocycles. The zero-order valence-electron chi connectivity index (χ0n) is 12.4. The molecule has 122 valence electrons. The molecule has 0 spiro atoms. The van der Waals surface area contributed by atoms with E-state index in [4.69, 9.17) is 5.73 Å². The molecule has 7 heteroatoms. The Labute approximate surface area is 139 Å². The van der Waals surface area contributed by atoms with Crippen molar-refractivity contribution in [2.24, 2.45) is 5.73 Å². The predicted octanol–water partition coefficient (Wildman–Crippen LogP) is 1.95. The van der Waals surface area contributed by atoms with Gasteiger partial charge in [-0.2, -0.15) is 0 Å². The molecule has 0 aliphatic carbocycles. The van der Waals surface area contributed by atoms with E-state index >= 15 is 0 Å². The van der Waals surface area contributed by atoms with E-state index in [-0.39, 0.29) is 24.1 Å². The summed E-state index contributed by atoms with van der Waals surface area (Å²) in [4.78, 5) is 14.1. The molecular weight excluding hydrogens is 368 g/mol. The van der Waals surface area contributed by atoms with Crippen molar-refractivity contribution in [2.75, 3.05) is 18.8 Å². The predicted molar refractivity (Wildman–Crippen MR) is 89.2 cm³/mol. The number of carbonyl (C=O) groups is 1. The molecule has 1 aromatic rings. The average molecular weight is 389 g/mol. The second-order valence-electron chi connectivity index (χ2n) is 5.62. The van der Waals surface area contributed by atoms with Crippen molar-refractivity contribution >= 4 is 31.7 Å². The van der Waals surface area contributed by atoms with Crippen LogP contribution in [0, 0.1) is 0 Å². The van der Waals surface area contributed by atoms with Crippen molar-refractivity contribution < 1.29 is 13.2 Å². The average Bonchev–Trinajstić information content (AvgIpc) is 2.47. The molecule has 2 rings (SSSR count). The van der Waals surface area contributed by atoms with Crippen LogP contribution in [0.3, 0.4) is 0 Å². The van der Waals surface area contributed by atoms with Crippen LogP contribution < -0.4 is 5.73 Å². The lowest BCUT2D eigenvalue weighted by atomic mass is 10.1. The lowest BCUT2D eigenvalue weighted by molar-refractivity contribution is -0.132. The van der Waals surface area contributed by atoms with Crippen LogP contribution in [0.1, 0.15) is 25.7 Å². The summed E-state index contributed by atoms with van der Waals surface area (Å²) >= 11 is 3.28. The van der Waals surface area contributed by atoms with Gasteiger partial charge in [0.25, 0.3) is 0 Å². The molecule has 1 aliphatic rings.